The highest BCUT2D eigenvalue weighted by Crippen LogP contribution is 2.30. The lowest BCUT2D eigenvalue weighted by atomic mass is 10.1. The van der Waals surface area contributed by atoms with E-state index in [0.717, 1.165) is 28.2 Å². The second-order valence-corrected chi connectivity index (χ2v) is 5.75. The van der Waals surface area contributed by atoms with E-state index in [1.807, 2.05) is 41.9 Å². The summed E-state index contributed by atoms with van der Waals surface area (Å²) in [6.07, 6.45) is 1.67. The molecule has 4 nitrogen and oxygen atoms in total. The van der Waals surface area contributed by atoms with Gasteiger partial charge >= 0.3 is 0 Å². The Hall–Kier alpha value is -2.88. The molecule has 0 fully saturated rings. The molecule has 0 saturated heterocycles. The third-order valence-corrected chi connectivity index (χ3v) is 3.96. The molecule has 23 heavy (non-hydrogen) atoms. The Morgan fingerprint density at radius 2 is 1.87 bits per heavy atom. The van der Waals surface area contributed by atoms with E-state index < -0.39 is 0 Å². The van der Waals surface area contributed by atoms with Crippen molar-refractivity contribution >= 4 is 11.0 Å². The van der Waals surface area contributed by atoms with Crippen LogP contribution in [-0.4, -0.2) is 14.8 Å². The second kappa shape index (κ2) is 5.39. The summed E-state index contributed by atoms with van der Waals surface area (Å²) in [5.74, 6) is 0.774. The Kier molecular flexibility index (Phi) is 3.23. The minimum absolute atomic E-state index is 0.688. The van der Waals surface area contributed by atoms with E-state index in [1.165, 1.54) is 11.1 Å². The smallest absolute Gasteiger partial charge is 0.159 e. The monoisotopic (exact) mass is 303 g/mol. The zero-order chi connectivity index (χ0) is 15.8. The van der Waals surface area contributed by atoms with Crippen molar-refractivity contribution in [2.45, 2.75) is 20.4 Å². The number of aryl methyl sites for hydroxylation is 2. The minimum atomic E-state index is 0.688. The predicted octanol–water partition coefficient (Wildman–Crippen LogP) is 4.36. The average molecular weight is 303 g/mol. The fraction of sp³-hybridized carbons (Fsp3) is 0.158. The van der Waals surface area contributed by atoms with Gasteiger partial charge in [-0.25, -0.2) is 9.67 Å². The van der Waals surface area contributed by atoms with Crippen LogP contribution in [-0.2, 0) is 6.54 Å². The van der Waals surface area contributed by atoms with Gasteiger partial charge in [0.1, 0.15) is 5.69 Å². The summed E-state index contributed by atoms with van der Waals surface area (Å²) in [6, 6.07) is 16.2. The van der Waals surface area contributed by atoms with Crippen LogP contribution in [0, 0.1) is 13.8 Å². The number of hydrogen-bond donors (Lipinski definition) is 0. The molecule has 0 aliphatic carbocycles. The topological polar surface area (TPSA) is 43.9 Å². The maximum absolute atomic E-state index is 5.57. The van der Waals surface area contributed by atoms with Crippen molar-refractivity contribution in [1.82, 2.24) is 14.8 Å². The first-order valence-corrected chi connectivity index (χ1v) is 7.65. The Morgan fingerprint density at radius 1 is 1.04 bits per heavy atom. The first-order valence-electron chi connectivity index (χ1n) is 7.65. The molecular weight excluding hydrogens is 286 g/mol. The Bertz CT molecular complexity index is 953. The maximum Gasteiger partial charge on any atom is 0.159 e. The molecule has 4 heteroatoms. The van der Waals surface area contributed by atoms with Crippen molar-refractivity contribution in [3.05, 3.63) is 71.6 Å². The molecule has 0 atom stereocenters. The van der Waals surface area contributed by atoms with Gasteiger partial charge in [-0.05, 0) is 43.2 Å². The average Bonchev–Trinajstić information content (AvgIpc) is 3.17. The van der Waals surface area contributed by atoms with E-state index >= 15 is 0 Å². The van der Waals surface area contributed by atoms with Gasteiger partial charge in [0, 0.05) is 5.69 Å². The van der Waals surface area contributed by atoms with E-state index in [9.17, 15) is 0 Å². The highest BCUT2D eigenvalue weighted by molar-refractivity contribution is 5.92. The molecule has 3 aromatic heterocycles. The van der Waals surface area contributed by atoms with Crippen LogP contribution in [0.1, 0.15) is 16.8 Å². The van der Waals surface area contributed by atoms with Crippen LogP contribution in [0.2, 0.25) is 0 Å². The largest absolute Gasteiger partial charge is 0.463 e. The zero-order valence-electron chi connectivity index (χ0n) is 13.2. The number of rotatable bonds is 3. The molecular formula is C19H17N3O. The molecule has 0 radical (unpaired) electrons. The molecule has 0 unspecified atom stereocenters. The number of nitrogens with zero attached hydrogens (tertiary/aromatic N) is 3. The predicted molar refractivity (Wildman–Crippen MR) is 90.2 cm³/mol. The molecule has 0 aliphatic heterocycles. The van der Waals surface area contributed by atoms with Gasteiger partial charge in [-0.2, -0.15) is 5.10 Å². The molecule has 114 valence electrons. The molecule has 0 N–H and O–H groups in total. The summed E-state index contributed by atoms with van der Waals surface area (Å²) in [7, 11) is 0. The Labute approximate surface area is 134 Å². The molecule has 0 spiro atoms. The third kappa shape index (κ3) is 2.42. The van der Waals surface area contributed by atoms with Crippen molar-refractivity contribution in [2.24, 2.45) is 0 Å². The maximum atomic E-state index is 5.57. The highest BCUT2D eigenvalue weighted by atomic mass is 16.3. The van der Waals surface area contributed by atoms with Gasteiger partial charge in [0.05, 0.1) is 18.2 Å². The van der Waals surface area contributed by atoms with Crippen molar-refractivity contribution in [3.63, 3.8) is 0 Å². The summed E-state index contributed by atoms with van der Waals surface area (Å²) in [6.45, 7) is 4.80. The number of hydrogen-bond acceptors (Lipinski definition) is 3. The van der Waals surface area contributed by atoms with E-state index in [2.05, 4.69) is 25.1 Å². The van der Waals surface area contributed by atoms with Crippen molar-refractivity contribution in [1.29, 1.82) is 0 Å². The Balaban J connectivity index is 1.94. The number of furan rings is 1. The van der Waals surface area contributed by atoms with Crippen molar-refractivity contribution in [2.75, 3.05) is 0 Å². The lowest BCUT2D eigenvalue weighted by Gasteiger charge is -2.04. The number of aromatic nitrogens is 3. The van der Waals surface area contributed by atoms with Crippen LogP contribution in [0.5, 0.6) is 0 Å². The molecule has 0 amide bonds. The summed E-state index contributed by atoms with van der Waals surface area (Å²) in [5, 5.41) is 5.85. The molecule has 0 aliphatic rings. The molecule has 3 heterocycles. The third-order valence-electron chi connectivity index (χ3n) is 3.96. The first kappa shape index (κ1) is 13.8. The van der Waals surface area contributed by atoms with Crippen LogP contribution in [0.3, 0.4) is 0 Å². The lowest BCUT2D eigenvalue weighted by molar-refractivity contribution is 0.577. The summed E-state index contributed by atoms with van der Waals surface area (Å²) in [4.78, 5) is 4.72. The standard InChI is InChI=1S/C19H17N3O/c1-13-11-14(2)20-19-17(13)18(16-9-6-10-23-16)21-22(19)12-15-7-4-3-5-8-15/h3-11H,12H2,1-2H3. The van der Waals surface area contributed by atoms with Gasteiger partial charge in [-0.3, -0.25) is 0 Å². The van der Waals surface area contributed by atoms with Gasteiger partial charge < -0.3 is 4.42 Å². The quantitative estimate of drug-likeness (QED) is 0.565. The van der Waals surface area contributed by atoms with Crippen molar-refractivity contribution < 1.29 is 4.42 Å². The molecule has 0 saturated carbocycles. The molecule has 0 bridgehead atoms. The number of fused-ring (bicyclic) bond motifs is 1. The van der Waals surface area contributed by atoms with Crippen LogP contribution in [0.4, 0.5) is 0 Å². The van der Waals surface area contributed by atoms with Crippen molar-refractivity contribution in [3.8, 4) is 11.5 Å². The van der Waals surface area contributed by atoms with Gasteiger partial charge in [0.2, 0.25) is 0 Å². The number of benzene rings is 1. The normalized spacial score (nSPS) is 11.2. The van der Waals surface area contributed by atoms with E-state index in [1.54, 1.807) is 6.26 Å². The van der Waals surface area contributed by atoms with Crippen LogP contribution in [0.15, 0.2) is 59.2 Å². The number of pyridine rings is 1. The van der Waals surface area contributed by atoms with E-state index in [0.29, 0.717) is 6.54 Å². The Morgan fingerprint density at radius 3 is 2.61 bits per heavy atom. The highest BCUT2D eigenvalue weighted by Gasteiger charge is 2.18. The van der Waals surface area contributed by atoms with Crippen LogP contribution >= 0.6 is 0 Å². The van der Waals surface area contributed by atoms with Gasteiger partial charge in [0.25, 0.3) is 0 Å². The van der Waals surface area contributed by atoms with E-state index in [-0.39, 0.29) is 0 Å². The molecule has 4 rings (SSSR count). The summed E-state index contributed by atoms with van der Waals surface area (Å²) < 4.78 is 7.53. The zero-order valence-corrected chi connectivity index (χ0v) is 13.2. The SMILES string of the molecule is Cc1cc(C)c2c(-c3ccco3)nn(Cc3ccccc3)c2n1. The molecule has 1 aromatic carbocycles. The first-order chi connectivity index (χ1) is 11.2. The second-order valence-electron chi connectivity index (χ2n) is 5.75. The molecule has 4 aromatic rings. The minimum Gasteiger partial charge on any atom is -0.463 e. The van der Waals surface area contributed by atoms with E-state index in [4.69, 9.17) is 14.5 Å². The van der Waals surface area contributed by atoms with Gasteiger partial charge in [-0.15, -0.1) is 0 Å². The van der Waals surface area contributed by atoms with Crippen LogP contribution in [0.25, 0.3) is 22.5 Å². The van der Waals surface area contributed by atoms with Gasteiger partial charge in [0.15, 0.2) is 11.4 Å². The summed E-state index contributed by atoms with van der Waals surface area (Å²) in [5.41, 5.74) is 5.11. The van der Waals surface area contributed by atoms with Gasteiger partial charge in [-0.1, -0.05) is 30.3 Å². The fourth-order valence-electron chi connectivity index (χ4n) is 2.97. The lowest BCUT2D eigenvalue weighted by Crippen LogP contribution is -2.03. The summed E-state index contributed by atoms with van der Waals surface area (Å²) >= 11 is 0. The van der Waals surface area contributed by atoms with Crippen LogP contribution < -0.4 is 0 Å². The fourth-order valence-corrected chi connectivity index (χ4v) is 2.97.